The van der Waals surface area contributed by atoms with E-state index in [1.807, 2.05) is 0 Å². The van der Waals surface area contributed by atoms with Gasteiger partial charge < -0.3 is 9.88 Å². The van der Waals surface area contributed by atoms with Gasteiger partial charge in [-0.1, -0.05) is 12.1 Å². The van der Waals surface area contributed by atoms with Crippen LogP contribution >= 0.6 is 0 Å². The van der Waals surface area contributed by atoms with Crippen LogP contribution in [-0.4, -0.2) is 15.5 Å². The van der Waals surface area contributed by atoms with Crippen molar-refractivity contribution in [3.63, 3.8) is 0 Å². The molecule has 1 atom stereocenters. The summed E-state index contributed by atoms with van der Waals surface area (Å²) >= 11 is 0. The second kappa shape index (κ2) is 6.80. The number of rotatable bonds is 4. The zero-order chi connectivity index (χ0) is 18.0. The molecule has 25 heavy (non-hydrogen) atoms. The highest BCUT2D eigenvalue weighted by Gasteiger charge is 2.22. The molecule has 0 aliphatic carbocycles. The highest BCUT2D eigenvalue weighted by atomic mass is 19.1. The van der Waals surface area contributed by atoms with Gasteiger partial charge in [-0.15, -0.1) is 0 Å². The molecule has 128 valence electrons. The summed E-state index contributed by atoms with van der Waals surface area (Å²) in [6.07, 6.45) is 3.21. The number of imidazole rings is 1. The predicted octanol–water partition coefficient (Wildman–Crippen LogP) is 3.36. The summed E-state index contributed by atoms with van der Waals surface area (Å²) < 4.78 is 42.0. The number of hydrogen-bond donors (Lipinski definition) is 1. The summed E-state index contributed by atoms with van der Waals surface area (Å²) in [7, 11) is 1.72. The Morgan fingerprint density at radius 3 is 2.40 bits per heavy atom. The lowest BCUT2D eigenvalue weighted by Crippen LogP contribution is -2.31. The van der Waals surface area contributed by atoms with Crippen LogP contribution in [0.2, 0.25) is 0 Å². The van der Waals surface area contributed by atoms with E-state index in [2.05, 4.69) is 10.3 Å². The molecule has 0 aliphatic heterocycles. The van der Waals surface area contributed by atoms with Gasteiger partial charge in [-0.3, -0.25) is 4.79 Å². The Hall–Kier alpha value is -3.09. The zero-order valence-corrected chi connectivity index (χ0v) is 13.2. The van der Waals surface area contributed by atoms with E-state index in [0.29, 0.717) is 17.5 Å². The van der Waals surface area contributed by atoms with Gasteiger partial charge in [-0.2, -0.15) is 0 Å². The maximum absolute atomic E-state index is 13.6. The first-order valence-electron chi connectivity index (χ1n) is 7.43. The highest BCUT2D eigenvalue weighted by molar-refractivity contribution is 5.94. The second-order valence-corrected chi connectivity index (χ2v) is 5.52. The lowest BCUT2D eigenvalue weighted by molar-refractivity contribution is 0.0940. The standard InChI is InChI=1S/C18H14F3N3O/c1-24-6-5-22-17(24)16(11-3-2-4-13(19)7-11)23-18(25)12-8-14(20)10-15(21)9-12/h2-10,16H,1H3,(H,23,25)/t16-/m1/s1. The maximum Gasteiger partial charge on any atom is 0.252 e. The number of carbonyl (C=O) groups is 1. The average molecular weight is 345 g/mol. The minimum atomic E-state index is -0.857. The van der Waals surface area contributed by atoms with Gasteiger partial charge in [0.15, 0.2) is 0 Å². The van der Waals surface area contributed by atoms with Crippen molar-refractivity contribution in [3.05, 3.63) is 89.3 Å². The van der Waals surface area contributed by atoms with E-state index in [4.69, 9.17) is 0 Å². The van der Waals surface area contributed by atoms with Crippen molar-refractivity contribution in [2.75, 3.05) is 0 Å². The zero-order valence-electron chi connectivity index (χ0n) is 13.2. The van der Waals surface area contributed by atoms with Gasteiger partial charge >= 0.3 is 0 Å². The minimum Gasteiger partial charge on any atom is -0.338 e. The molecule has 1 amide bonds. The number of benzene rings is 2. The van der Waals surface area contributed by atoms with Gasteiger partial charge in [0, 0.05) is 31.1 Å². The number of carbonyl (C=O) groups excluding carboxylic acids is 1. The van der Waals surface area contributed by atoms with E-state index in [0.717, 1.165) is 12.1 Å². The molecule has 1 heterocycles. The molecule has 2 aromatic carbocycles. The van der Waals surface area contributed by atoms with Gasteiger partial charge in [0.2, 0.25) is 0 Å². The third kappa shape index (κ3) is 3.71. The molecular weight excluding hydrogens is 331 g/mol. The van der Waals surface area contributed by atoms with Crippen LogP contribution in [0, 0.1) is 17.5 Å². The molecular formula is C18H14F3N3O. The highest BCUT2D eigenvalue weighted by Crippen LogP contribution is 2.22. The molecule has 1 N–H and O–H groups in total. The molecule has 0 unspecified atom stereocenters. The molecule has 0 fully saturated rings. The topological polar surface area (TPSA) is 46.9 Å². The van der Waals surface area contributed by atoms with Crippen LogP contribution in [-0.2, 0) is 7.05 Å². The first kappa shape index (κ1) is 16.8. The van der Waals surface area contributed by atoms with E-state index >= 15 is 0 Å². The summed E-state index contributed by atoms with van der Waals surface area (Å²) in [6.45, 7) is 0. The summed E-state index contributed by atoms with van der Waals surface area (Å²) in [5, 5.41) is 2.65. The van der Waals surface area contributed by atoms with Gasteiger partial charge in [0.25, 0.3) is 5.91 Å². The second-order valence-electron chi connectivity index (χ2n) is 5.52. The number of nitrogens with zero attached hydrogens (tertiary/aromatic N) is 2. The fourth-order valence-corrected chi connectivity index (χ4v) is 2.54. The van der Waals surface area contributed by atoms with Crippen LogP contribution in [0.1, 0.15) is 27.8 Å². The van der Waals surface area contributed by atoms with Crippen molar-refractivity contribution in [1.82, 2.24) is 14.9 Å². The Balaban J connectivity index is 1.98. The minimum absolute atomic E-state index is 0.173. The first-order chi connectivity index (χ1) is 11.9. The van der Waals surface area contributed by atoms with Crippen LogP contribution in [0.4, 0.5) is 13.2 Å². The fourth-order valence-electron chi connectivity index (χ4n) is 2.54. The lowest BCUT2D eigenvalue weighted by Gasteiger charge is -2.19. The molecule has 3 aromatic rings. The normalized spacial score (nSPS) is 12.0. The number of aromatic nitrogens is 2. The van der Waals surface area contributed by atoms with E-state index in [9.17, 15) is 18.0 Å². The molecule has 0 saturated carbocycles. The third-order valence-corrected chi connectivity index (χ3v) is 3.70. The Morgan fingerprint density at radius 2 is 1.80 bits per heavy atom. The average Bonchev–Trinajstić information content (AvgIpc) is 2.97. The lowest BCUT2D eigenvalue weighted by atomic mass is 10.0. The van der Waals surface area contributed by atoms with Crippen molar-refractivity contribution in [2.45, 2.75) is 6.04 Å². The predicted molar refractivity (Wildman–Crippen MR) is 85.3 cm³/mol. The van der Waals surface area contributed by atoms with E-state index in [-0.39, 0.29) is 5.56 Å². The molecule has 7 heteroatoms. The van der Waals surface area contributed by atoms with Crippen molar-refractivity contribution in [3.8, 4) is 0 Å². The van der Waals surface area contributed by atoms with Gasteiger partial charge in [-0.05, 0) is 29.8 Å². The molecule has 0 aliphatic rings. The van der Waals surface area contributed by atoms with Crippen molar-refractivity contribution in [2.24, 2.45) is 7.05 Å². The van der Waals surface area contributed by atoms with E-state index < -0.39 is 29.4 Å². The summed E-state index contributed by atoms with van der Waals surface area (Å²) in [5.74, 6) is -2.43. The Bertz CT molecular complexity index is 903. The van der Waals surface area contributed by atoms with E-state index in [1.54, 1.807) is 23.9 Å². The maximum atomic E-state index is 13.6. The Labute approximate surface area is 141 Å². The number of aryl methyl sites for hydroxylation is 1. The quantitative estimate of drug-likeness (QED) is 0.788. The van der Waals surface area contributed by atoms with Crippen molar-refractivity contribution >= 4 is 5.91 Å². The fraction of sp³-hybridized carbons (Fsp3) is 0.111. The molecule has 0 bridgehead atoms. The van der Waals surface area contributed by atoms with Crippen LogP contribution in [0.5, 0.6) is 0 Å². The molecule has 0 radical (unpaired) electrons. The smallest absolute Gasteiger partial charge is 0.252 e. The van der Waals surface area contributed by atoms with Gasteiger partial charge in [0.1, 0.15) is 29.3 Å². The summed E-state index contributed by atoms with van der Waals surface area (Å²) in [5.41, 5.74) is 0.285. The van der Waals surface area contributed by atoms with Gasteiger partial charge in [0.05, 0.1) is 0 Å². The molecule has 4 nitrogen and oxygen atoms in total. The van der Waals surface area contributed by atoms with Crippen LogP contribution in [0.25, 0.3) is 0 Å². The summed E-state index contributed by atoms with van der Waals surface area (Å²) in [4.78, 5) is 16.6. The number of amides is 1. The molecule has 0 saturated heterocycles. The largest absolute Gasteiger partial charge is 0.338 e. The summed E-state index contributed by atoms with van der Waals surface area (Å²) in [6, 6.07) is 7.45. The van der Waals surface area contributed by atoms with Gasteiger partial charge in [-0.25, -0.2) is 18.2 Å². The molecule has 1 aromatic heterocycles. The van der Waals surface area contributed by atoms with Crippen LogP contribution < -0.4 is 5.32 Å². The molecule has 0 spiro atoms. The SMILES string of the molecule is Cn1ccnc1[C@H](NC(=O)c1cc(F)cc(F)c1)c1cccc(F)c1. The Morgan fingerprint density at radius 1 is 1.08 bits per heavy atom. The number of halogens is 3. The monoisotopic (exact) mass is 345 g/mol. The number of nitrogens with one attached hydrogen (secondary N) is 1. The van der Waals surface area contributed by atoms with E-state index in [1.165, 1.54) is 24.4 Å². The molecule has 3 rings (SSSR count). The number of hydrogen-bond acceptors (Lipinski definition) is 2. The van der Waals surface area contributed by atoms with Crippen molar-refractivity contribution < 1.29 is 18.0 Å². The first-order valence-corrected chi connectivity index (χ1v) is 7.43. The van der Waals surface area contributed by atoms with Crippen molar-refractivity contribution in [1.29, 1.82) is 0 Å². The Kier molecular flexibility index (Phi) is 4.56. The van der Waals surface area contributed by atoms with Crippen LogP contribution in [0.15, 0.2) is 54.9 Å². The van der Waals surface area contributed by atoms with Crippen LogP contribution in [0.3, 0.4) is 0 Å². The third-order valence-electron chi connectivity index (χ3n) is 3.70.